The number of carbonyl (C=O) groups is 1. The fourth-order valence-corrected chi connectivity index (χ4v) is 5.35. The summed E-state index contributed by atoms with van der Waals surface area (Å²) in [5, 5.41) is 1.93. The van der Waals surface area contributed by atoms with Crippen LogP contribution in [0.4, 0.5) is 23.2 Å². The van der Waals surface area contributed by atoms with Gasteiger partial charge in [-0.2, -0.15) is 21.6 Å². The van der Waals surface area contributed by atoms with E-state index in [-0.39, 0.29) is 32.2 Å². The summed E-state index contributed by atoms with van der Waals surface area (Å²) in [6.45, 7) is 0. The number of fused-ring (bicyclic) bond motifs is 1. The maximum absolute atomic E-state index is 13.4. The minimum atomic E-state index is -6.38. The lowest BCUT2D eigenvalue weighted by Gasteiger charge is -2.27. The van der Waals surface area contributed by atoms with E-state index in [1.165, 1.54) is 19.2 Å². The molecule has 0 aliphatic heterocycles. The number of anilines is 1. The van der Waals surface area contributed by atoms with Crippen LogP contribution in [0.2, 0.25) is 0 Å². The zero-order valence-electron chi connectivity index (χ0n) is 18.5. The first-order valence-electron chi connectivity index (χ1n) is 9.59. The lowest BCUT2D eigenvalue weighted by Crippen LogP contribution is -2.33. The topological polar surface area (TPSA) is 163 Å². The van der Waals surface area contributed by atoms with Crippen molar-refractivity contribution in [2.24, 2.45) is 0 Å². The lowest BCUT2D eigenvalue weighted by molar-refractivity contribution is -0.0499. The molecule has 0 bridgehead atoms. The van der Waals surface area contributed by atoms with Crippen LogP contribution in [0, 0.1) is 5.82 Å². The molecule has 37 heavy (non-hydrogen) atoms. The van der Waals surface area contributed by atoms with Crippen molar-refractivity contribution in [2.45, 2.75) is 5.51 Å². The number of nitrogens with zero attached hydrogens (tertiary/aromatic N) is 1. The summed E-state index contributed by atoms with van der Waals surface area (Å²) < 4.78 is 133. The molecule has 1 amide bonds. The second-order valence-corrected chi connectivity index (χ2v) is 11.9. The third kappa shape index (κ3) is 6.03. The molecule has 1 aromatic heterocycles. The minimum absolute atomic E-state index is 0.0235. The number of sulfone groups is 1. The normalized spacial score (nSPS) is 13.4. The molecular weight excluding hydrogens is 572 g/mol. The molecule has 0 spiro atoms. The number of hydrogen-bond acceptors (Lipinski definition) is 9. The highest BCUT2D eigenvalue weighted by Gasteiger charge is 2.49. The molecule has 0 aliphatic rings. The van der Waals surface area contributed by atoms with Crippen LogP contribution in [0.3, 0.4) is 0 Å². The van der Waals surface area contributed by atoms with Gasteiger partial charge in [0.2, 0.25) is 0 Å². The monoisotopic (exact) mass is 587 g/mol. The van der Waals surface area contributed by atoms with Crippen molar-refractivity contribution < 1.29 is 56.6 Å². The van der Waals surface area contributed by atoms with E-state index in [2.05, 4.69) is 9.50 Å². The minimum Gasteiger partial charge on any atom is -0.755 e. The molecule has 0 aliphatic carbocycles. The summed E-state index contributed by atoms with van der Waals surface area (Å²) in [7, 11) is -9.34. The summed E-state index contributed by atoms with van der Waals surface area (Å²) in [6, 6.07) is 5.71. The van der Waals surface area contributed by atoms with Crippen molar-refractivity contribution in [1.82, 2.24) is 5.32 Å². The van der Waals surface area contributed by atoms with Gasteiger partial charge in [0.1, 0.15) is 23.0 Å². The summed E-state index contributed by atoms with van der Waals surface area (Å²) in [4.78, 5) is 12.6. The fraction of sp³-hybridized carbons (Fsp3) is 0.211. The predicted molar refractivity (Wildman–Crippen MR) is 122 cm³/mol. The Kier molecular flexibility index (Phi) is 7.60. The van der Waals surface area contributed by atoms with Crippen molar-refractivity contribution in [2.75, 3.05) is 23.5 Å². The molecule has 1 atom stereocenters. The highest BCUT2D eigenvalue weighted by molar-refractivity contribution is 7.92. The Bertz CT molecular complexity index is 1600. The van der Waals surface area contributed by atoms with Crippen LogP contribution in [0.1, 0.15) is 10.4 Å². The molecule has 11 nitrogen and oxygen atoms in total. The van der Waals surface area contributed by atoms with E-state index >= 15 is 0 Å². The number of furan rings is 1. The highest BCUT2D eigenvalue weighted by Crippen LogP contribution is 2.42. The molecular formula is C19H15F4N2O9S3-. The molecule has 0 radical (unpaired) electrons. The Hall–Kier alpha value is -3.22. The van der Waals surface area contributed by atoms with Crippen molar-refractivity contribution in [3.05, 3.63) is 47.8 Å². The Labute approximate surface area is 209 Å². The van der Waals surface area contributed by atoms with Crippen molar-refractivity contribution in [3.8, 4) is 17.1 Å². The first-order chi connectivity index (χ1) is 16.9. The number of rotatable bonds is 8. The molecule has 0 saturated heterocycles. The van der Waals surface area contributed by atoms with Crippen LogP contribution >= 0.6 is 0 Å². The fourth-order valence-electron chi connectivity index (χ4n) is 3.10. The van der Waals surface area contributed by atoms with Crippen LogP contribution in [0.5, 0.6) is 5.75 Å². The number of hydrogen-bond donors (Lipinski definition) is 1. The van der Waals surface area contributed by atoms with E-state index in [4.69, 9.17) is 4.42 Å². The molecule has 3 aromatic rings. The molecule has 0 saturated carbocycles. The van der Waals surface area contributed by atoms with Gasteiger partial charge in [-0.15, -0.1) is 0 Å². The summed E-state index contributed by atoms with van der Waals surface area (Å²) >= 11 is -3.47. The average Bonchev–Trinajstić information content (AvgIpc) is 3.13. The van der Waals surface area contributed by atoms with Gasteiger partial charge in [0.25, 0.3) is 5.91 Å². The van der Waals surface area contributed by atoms with Gasteiger partial charge in [0.05, 0.1) is 11.3 Å². The summed E-state index contributed by atoms with van der Waals surface area (Å²) in [5.41, 5.74) is -7.50. The van der Waals surface area contributed by atoms with E-state index in [0.29, 0.717) is 18.4 Å². The molecule has 3 rings (SSSR count). The number of nitrogens with one attached hydrogen (secondary N) is 1. The van der Waals surface area contributed by atoms with E-state index in [1.54, 1.807) is 0 Å². The second-order valence-electron chi connectivity index (χ2n) is 7.34. The van der Waals surface area contributed by atoms with Crippen LogP contribution in [-0.4, -0.2) is 56.2 Å². The molecule has 1 N–H and O–H groups in total. The predicted octanol–water partition coefficient (Wildman–Crippen LogP) is 2.43. The third-order valence-corrected chi connectivity index (χ3v) is 7.16. The van der Waals surface area contributed by atoms with Gasteiger partial charge in [-0.1, -0.05) is 0 Å². The van der Waals surface area contributed by atoms with Crippen molar-refractivity contribution >= 4 is 53.8 Å². The Balaban J connectivity index is 2.42. The number of amides is 1. The SMILES string of the molecule is CNC(=O)c1c(-c2ccc(F)cc2)oc2cc(N(CS(C)(=O)=O)S(=O)[O-])c(OS(=O)(=O)C(F)(F)F)cc12. The number of benzene rings is 2. The average molecular weight is 588 g/mol. The Morgan fingerprint density at radius 1 is 1.16 bits per heavy atom. The number of alkyl halides is 3. The van der Waals surface area contributed by atoms with Gasteiger partial charge in [-0.3, -0.25) is 13.3 Å². The first kappa shape index (κ1) is 28.4. The quantitative estimate of drug-likeness (QED) is 0.180. The van der Waals surface area contributed by atoms with Gasteiger partial charge in [0.15, 0.2) is 15.6 Å². The molecule has 2 aromatic carbocycles. The second kappa shape index (κ2) is 9.92. The summed E-state index contributed by atoms with van der Waals surface area (Å²) in [5.74, 6) is -4.34. The molecule has 0 fully saturated rings. The smallest absolute Gasteiger partial charge is 0.534 e. The molecule has 1 unspecified atom stereocenters. The molecule has 1 heterocycles. The van der Waals surface area contributed by atoms with E-state index in [1.807, 2.05) is 0 Å². The first-order valence-corrected chi connectivity index (χ1v) is 14.1. The molecule has 18 heteroatoms. The Morgan fingerprint density at radius 2 is 1.76 bits per heavy atom. The van der Waals surface area contributed by atoms with Gasteiger partial charge in [0, 0.05) is 41.6 Å². The van der Waals surface area contributed by atoms with Crippen molar-refractivity contribution in [1.29, 1.82) is 0 Å². The van der Waals surface area contributed by atoms with Crippen molar-refractivity contribution in [3.63, 3.8) is 0 Å². The van der Waals surface area contributed by atoms with E-state index in [9.17, 15) is 48.0 Å². The third-order valence-electron chi connectivity index (χ3n) is 4.61. The maximum Gasteiger partial charge on any atom is 0.534 e. The largest absolute Gasteiger partial charge is 0.755 e. The van der Waals surface area contributed by atoms with Crippen LogP contribution in [0.25, 0.3) is 22.3 Å². The Morgan fingerprint density at radius 3 is 2.24 bits per heavy atom. The highest BCUT2D eigenvalue weighted by atomic mass is 32.2. The zero-order valence-corrected chi connectivity index (χ0v) is 21.0. The maximum atomic E-state index is 13.4. The summed E-state index contributed by atoms with van der Waals surface area (Å²) in [6.07, 6.45) is 0.613. The zero-order chi connectivity index (χ0) is 27.9. The lowest BCUT2D eigenvalue weighted by atomic mass is 10.0. The van der Waals surface area contributed by atoms with Gasteiger partial charge in [-0.05, 0) is 30.3 Å². The van der Waals surface area contributed by atoms with Gasteiger partial charge in [-0.25, -0.2) is 12.8 Å². The van der Waals surface area contributed by atoms with Crippen LogP contribution in [-0.2, 0) is 31.2 Å². The van der Waals surface area contributed by atoms with Crippen LogP contribution < -0.4 is 13.8 Å². The van der Waals surface area contributed by atoms with Crippen LogP contribution in [0.15, 0.2) is 40.8 Å². The number of carbonyl (C=O) groups excluding carboxylic acids is 1. The van der Waals surface area contributed by atoms with E-state index < -0.39 is 65.8 Å². The van der Waals surface area contributed by atoms with E-state index in [0.717, 1.165) is 12.1 Å². The van der Waals surface area contributed by atoms with Gasteiger partial charge < -0.3 is 18.5 Å². The standard InChI is InChI=1S/C19H16F4N2O9S3/c1-24-18(26)16-12-7-15(34-37(31,32)19(21,22)23)13(25(35(27)28)9-36(2,29)30)8-14(12)33-17(16)10-3-5-11(20)6-4-10/h3-8H,9H2,1-2H3,(H,24,26)(H,27,28)/p-1. The molecule has 202 valence electrons. The number of halogens is 4. The van der Waals surface area contributed by atoms with Gasteiger partial charge >= 0.3 is 15.6 Å².